The van der Waals surface area contributed by atoms with Gasteiger partial charge in [-0.2, -0.15) is 0 Å². The van der Waals surface area contributed by atoms with Crippen molar-refractivity contribution in [2.75, 3.05) is 20.2 Å². The van der Waals surface area contributed by atoms with Gasteiger partial charge in [0.15, 0.2) is 5.60 Å². The average molecular weight is 695 g/mol. The van der Waals surface area contributed by atoms with Crippen molar-refractivity contribution < 1.29 is 18.9 Å². The molecule has 0 aromatic heterocycles. The molecule has 260 valence electrons. The Labute approximate surface area is 306 Å². The lowest BCUT2D eigenvalue weighted by molar-refractivity contribution is 0.163. The maximum absolute atomic E-state index is 7.68. The van der Waals surface area contributed by atoms with Gasteiger partial charge in [0.25, 0.3) is 0 Å². The number of methoxy groups -OCH3 is 2. The molecular formula is C46H46O4S. The Morgan fingerprint density at radius 1 is 0.667 bits per heavy atom. The van der Waals surface area contributed by atoms with E-state index in [2.05, 4.69) is 72.8 Å². The van der Waals surface area contributed by atoms with Crippen molar-refractivity contribution in [1.82, 2.24) is 0 Å². The smallest absolute Gasteiger partial charge is 0.178 e. The van der Waals surface area contributed by atoms with Gasteiger partial charge in [-0.25, -0.2) is 0 Å². The van der Waals surface area contributed by atoms with Gasteiger partial charge in [-0.1, -0.05) is 124 Å². The van der Waals surface area contributed by atoms with Crippen LogP contribution in [0, 0.1) is 0 Å². The fourth-order valence-electron chi connectivity index (χ4n) is 9.45. The van der Waals surface area contributed by atoms with E-state index in [0.717, 1.165) is 52.4 Å². The number of benzene rings is 5. The minimum absolute atomic E-state index is 0.0695. The van der Waals surface area contributed by atoms with Crippen LogP contribution in [0.15, 0.2) is 95.9 Å². The lowest BCUT2D eigenvalue weighted by atomic mass is 9.68. The average Bonchev–Trinajstić information content (AvgIpc) is 3.76. The van der Waals surface area contributed by atoms with Crippen LogP contribution < -0.4 is 18.9 Å². The molecular weight excluding hydrogens is 649 g/mol. The lowest BCUT2D eigenvalue weighted by Crippen LogP contribution is -2.35. The maximum atomic E-state index is 7.68. The highest BCUT2D eigenvalue weighted by atomic mass is 32.2. The van der Waals surface area contributed by atoms with Crippen LogP contribution in [0.25, 0.3) is 28.0 Å². The second kappa shape index (κ2) is 13.3. The second-order valence-electron chi connectivity index (χ2n) is 14.7. The van der Waals surface area contributed by atoms with Crippen LogP contribution in [0.5, 0.6) is 23.0 Å². The van der Waals surface area contributed by atoms with Crippen molar-refractivity contribution in [1.29, 1.82) is 0 Å². The summed E-state index contributed by atoms with van der Waals surface area (Å²) in [4.78, 5) is 1.21. The molecule has 4 aliphatic rings. The summed E-state index contributed by atoms with van der Waals surface area (Å²) < 4.78 is 25.1. The molecule has 2 aliphatic heterocycles. The summed E-state index contributed by atoms with van der Waals surface area (Å²) in [5.41, 5.74) is 8.15. The van der Waals surface area contributed by atoms with Gasteiger partial charge in [0.05, 0.1) is 19.1 Å². The predicted molar refractivity (Wildman–Crippen MR) is 209 cm³/mol. The molecule has 0 saturated heterocycles. The Kier molecular flexibility index (Phi) is 8.50. The topological polar surface area (TPSA) is 36.9 Å². The Bertz CT molecular complexity index is 2050. The largest absolute Gasteiger partial charge is 0.497 e. The van der Waals surface area contributed by atoms with E-state index in [0.29, 0.717) is 5.94 Å². The van der Waals surface area contributed by atoms with E-state index in [1.807, 2.05) is 24.3 Å². The van der Waals surface area contributed by atoms with Crippen molar-refractivity contribution in [2.45, 2.75) is 86.5 Å². The molecule has 2 aliphatic carbocycles. The first kappa shape index (κ1) is 32.6. The Balaban J connectivity index is 1.32. The third kappa shape index (κ3) is 5.34. The second-order valence-corrected chi connectivity index (χ2v) is 15.6. The normalized spacial score (nSPS) is 18.7. The molecule has 1 fully saturated rings. The molecule has 0 amide bonds. The van der Waals surface area contributed by atoms with E-state index < -0.39 is 5.60 Å². The quantitative estimate of drug-likeness (QED) is 0.187. The number of ether oxygens (including phenoxy) is 4. The summed E-state index contributed by atoms with van der Waals surface area (Å²) in [6.07, 6.45) is 18.9. The Morgan fingerprint density at radius 3 is 1.90 bits per heavy atom. The van der Waals surface area contributed by atoms with Gasteiger partial charge in [0.1, 0.15) is 28.9 Å². The summed E-state index contributed by atoms with van der Waals surface area (Å²) in [7, 11) is 3.42. The maximum Gasteiger partial charge on any atom is 0.178 e. The van der Waals surface area contributed by atoms with E-state index in [4.69, 9.17) is 18.9 Å². The van der Waals surface area contributed by atoms with Gasteiger partial charge in [0, 0.05) is 27.5 Å². The van der Waals surface area contributed by atoms with Gasteiger partial charge < -0.3 is 18.9 Å². The SMILES string of the molecule is COc1ccc(C2(c3ccc(OC)cc3)C=Cc3c4c(c5cc6c(cc5c3O2)OCS6)-c2ccccc2C42CCCCCCCCCCC2)cc1. The van der Waals surface area contributed by atoms with Gasteiger partial charge >= 0.3 is 0 Å². The first-order valence-electron chi connectivity index (χ1n) is 18.9. The van der Waals surface area contributed by atoms with E-state index in [1.165, 1.54) is 95.9 Å². The number of thioether (sulfide) groups is 1. The fourth-order valence-corrected chi connectivity index (χ4v) is 10.2. The summed E-state index contributed by atoms with van der Waals surface area (Å²) in [6, 6.07) is 30.6. The molecule has 4 nitrogen and oxygen atoms in total. The zero-order chi connectivity index (χ0) is 34.4. The zero-order valence-electron chi connectivity index (χ0n) is 29.8. The van der Waals surface area contributed by atoms with Crippen LogP contribution in [0.3, 0.4) is 0 Å². The van der Waals surface area contributed by atoms with Crippen LogP contribution in [-0.2, 0) is 11.0 Å². The number of rotatable bonds is 4. The minimum Gasteiger partial charge on any atom is -0.497 e. The molecule has 0 atom stereocenters. The van der Waals surface area contributed by atoms with Gasteiger partial charge in [-0.05, 0) is 83.0 Å². The van der Waals surface area contributed by atoms with Crippen LogP contribution in [0.2, 0.25) is 0 Å². The van der Waals surface area contributed by atoms with Crippen molar-refractivity contribution in [3.63, 3.8) is 0 Å². The monoisotopic (exact) mass is 694 g/mol. The van der Waals surface area contributed by atoms with E-state index in [9.17, 15) is 0 Å². The molecule has 1 saturated carbocycles. The molecule has 51 heavy (non-hydrogen) atoms. The highest BCUT2D eigenvalue weighted by Gasteiger charge is 2.48. The van der Waals surface area contributed by atoms with E-state index in [-0.39, 0.29) is 5.41 Å². The number of hydrogen-bond acceptors (Lipinski definition) is 5. The molecule has 0 unspecified atom stereocenters. The van der Waals surface area contributed by atoms with Crippen molar-refractivity contribution in [3.05, 3.63) is 119 Å². The van der Waals surface area contributed by atoms with Crippen molar-refractivity contribution >= 4 is 28.6 Å². The molecule has 5 heteroatoms. The molecule has 0 N–H and O–H groups in total. The van der Waals surface area contributed by atoms with E-state index in [1.54, 1.807) is 26.0 Å². The molecule has 0 radical (unpaired) electrons. The molecule has 1 spiro atoms. The summed E-state index contributed by atoms with van der Waals surface area (Å²) in [5, 5.41) is 2.38. The molecule has 9 rings (SSSR count). The first-order chi connectivity index (χ1) is 25.1. The predicted octanol–water partition coefficient (Wildman–Crippen LogP) is 12.2. The Morgan fingerprint density at radius 2 is 1.27 bits per heavy atom. The standard InChI is InChI=1S/C46H46O4S/c1-47-33-20-16-31(17-21-33)46(32-18-22-34(48-2)23-19-32)27-24-36-43-42(37-29-41-40(49-30-51-41)28-38(37)44(36)50-46)35-14-10-11-15-39(35)45(43)25-12-8-6-4-3-5-7-9-13-26-45/h10-11,14-24,27-29H,3-9,12-13,25-26,30H2,1-2H3. The van der Waals surface area contributed by atoms with Crippen LogP contribution >= 0.6 is 11.8 Å². The van der Waals surface area contributed by atoms with Crippen LogP contribution in [0.4, 0.5) is 0 Å². The van der Waals surface area contributed by atoms with Crippen molar-refractivity contribution in [3.8, 4) is 34.1 Å². The summed E-state index contributed by atoms with van der Waals surface area (Å²) in [5.74, 6) is 4.16. The summed E-state index contributed by atoms with van der Waals surface area (Å²) in [6.45, 7) is 0. The van der Waals surface area contributed by atoms with Gasteiger partial charge in [-0.3, -0.25) is 0 Å². The Hall–Kier alpha value is -4.35. The van der Waals surface area contributed by atoms with Gasteiger partial charge in [0.2, 0.25) is 0 Å². The zero-order valence-corrected chi connectivity index (χ0v) is 30.6. The molecule has 5 aromatic carbocycles. The molecule has 0 bridgehead atoms. The van der Waals surface area contributed by atoms with E-state index >= 15 is 0 Å². The lowest BCUT2D eigenvalue weighted by Gasteiger charge is -2.40. The van der Waals surface area contributed by atoms with Crippen LogP contribution in [0.1, 0.15) is 98.4 Å². The number of fused-ring (bicyclic) bond motifs is 11. The minimum atomic E-state index is -0.869. The first-order valence-corrected chi connectivity index (χ1v) is 19.8. The molecule has 2 heterocycles. The highest BCUT2D eigenvalue weighted by Crippen LogP contribution is 2.62. The van der Waals surface area contributed by atoms with Crippen molar-refractivity contribution in [2.24, 2.45) is 0 Å². The van der Waals surface area contributed by atoms with Crippen LogP contribution in [-0.4, -0.2) is 20.2 Å². The highest BCUT2D eigenvalue weighted by molar-refractivity contribution is 7.99. The molecule has 5 aromatic rings. The third-order valence-electron chi connectivity index (χ3n) is 12.0. The van der Waals surface area contributed by atoms with Gasteiger partial charge in [-0.15, -0.1) is 0 Å². The summed E-state index contributed by atoms with van der Waals surface area (Å²) >= 11 is 1.79. The fraction of sp³-hybridized carbons (Fsp3) is 0.348. The third-order valence-corrected chi connectivity index (χ3v) is 12.8. The number of hydrogen-bond donors (Lipinski definition) is 0.